The number of rotatable bonds is 9. The number of nitrogens with one attached hydrogen (secondary N) is 1. The maximum atomic E-state index is 13.0. The highest BCUT2D eigenvalue weighted by Crippen LogP contribution is 2.18. The van der Waals surface area contributed by atoms with Crippen molar-refractivity contribution in [1.29, 1.82) is 0 Å². The molecule has 7 N–H and O–H groups in total. The minimum atomic E-state index is -4.01. The second-order valence-electron chi connectivity index (χ2n) is 6.18. The molecule has 0 aliphatic rings. The van der Waals surface area contributed by atoms with Gasteiger partial charge in [-0.05, 0) is 71.1 Å². The van der Waals surface area contributed by atoms with Crippen molar-refractivity contribution in [2.24, 2.45) is 22.4 Å². The summed E-state index contributed by atoms with van der Waals surface area (Å²) in [7, 11) is -4.01. The third-order valence-corrected chi connectivity index (χ3v) is 6.08. The number of carbonyl (C=O) groups excluding carboxylic acids is 1. The summed E-state index contributed by atoms with van der Waals surface area (Å²) in [5.41, 5.74) is 15.2. The molecule has 0 aliphatic heterocycles. The molecule has 162 valence electrons. The van der Waals surface area contributed by atoms with Crippen LogP contribution >= 0.6 is 22.6 Å². The first-order chi connectivity index (χ1) is 14.0. The van der Waals surface area contributed by atoms with Crippen LogP contribution in [-0.2, 0) is 19.7 Å². The number of carbonyl (C=O) groups is 1. The topological polar surface area (TPSA) is 185 Å². The second kappa shape index (κ2) is 9.80. The zero-order valence-electron chi connectivity index (χ0n) is 15.9. The van der Waals surface area contributed by atoms with Gasteiger partial charge in [-0.15, -0.1) is 0 Å². The molecule has 0 saturated carbocycles. The van der Waals surface area contributed by atoms with Crippen LogP contribution in [0.2, 0.25) is 0 Å². The number of guanidine groups is 1. The highest BCUT2D eigenvalue weighted by Gasteiger charge is 2.24. The van der Waals surface area contributed by atoms with Crippen molar-refractivity contribution < 1.29 is 18.0 Å². The standard InChI is InChI=1S/C17H21IN6O5S/c1-10-2-7-13(23-30(27,28)12-5-3-11(18)4-6-12)16(26)24(10)14(15(19)25)8-9-29-22-17(20)21/h2-7,14,23H,8-9H2,1H3,(H2,19,25)(H4,20,21,22). The number of primary amides is 1. The Morgan fingerprint density at radius 3 is 2.40 bits per heavy atom. The van der Waals surface area contributed by atoms with Gasteiger partial charge in [0.2, 0.25) is 11.9 Å². The van der Waals surface area contributed by atoms with Crippen LogP contribution in [0.5, 0.6) is 0 Å². The number of amides is 1. The van der Waals surface area contributed by atoms with Gasteiger partial charge >= 0.3 is 0 Å². The molecular weight excluding hydrogens is 527 g/mol. The molecular formula is C17H21IN6O5S. The quantitative estimate of drug-likeness (QED) is 0.113. The largest absolute Gasteiger partial charge is 0.393 e. The molecule has 1 heterocycles. The van der Waals surface area contributed by atoms with Gasteiger partial charge in [0.25, 0.3) is 15.6 Å². The smallest absolute Gasteiger partial charge is 0.275 e. The summed E-state index contributed by atoms with van der Waals surface area (Å²) in [5.74, 6) is -1.10. The Bertz CT molecular complexity index is 1110. The lowest BCUT2D eigenvalue weighted by molar-refractivity contribution is -0.121. The zero-order valence-corrected chi connectivity index (χ0v) is 18.9. The lowest BCUT2D eigenvalue weighted by atomic mass is 10.1. The first kappa shape index (κ1) is 23.5. The Hall–Kier alpha value is -2.81. The van der Waals surface area contributed by atoms with Crippen molar-refractivity contribution in [2.45, 2.75) is 24.3 Å². The normalized spacial score (nSPS) is 12.1. The number of nitrogens with two attached hydrogens (primary N) is 3. The highest BCUT2D eigenvalue weighted by atomic mass is 127. The number of benzene rings is 1. The number of aryl methyl sites for hydroxylation is 1. The number of aromatic nitrogens is 1. The van der Waals surface area contributed by atoms with Crippen molar-refractivity contribution in [3.8, 4) is 0 Å². The molecule has 0 aliphatic carbocycles. The van der Waals surface area contributed by atoms with Gasteiger partial charge < -0.3 is 22.0 Å². The third-order valence-electron chi connectivity index (χ3n) is 3.98. The molecule has 0 saturated heterocycles. The van der Waals surface area contributed by atoms with Gasteiger partial charge in [0.1, 0.15) is 18.3 Å². The predicted molar refractivity (Wildman–Crippen MR) is 120 cm³/mol. The number of hydrogen-bond donors (Lipinski definition) is 4. The Morgan fingerprint density at radius 1 is 1.20 bits per heavy atom. The Labute approximate surface area is 186 Å². The second-order valence-corrected chi connectivity index (χ2v) is 9.11. The summed E-state index contributed by atoms with van der Waals surface area (Å²) in [4.78, 5) is 29.8. The number of anilines is 1. The number of oxime groups is 1. The van der Waals surface area contributed by atoms with Crippen LogP contribution in [0.3, 0.4) is 0 Å². The molecule has 0 radical (unpaired) electrons. The van der Waals surface area contributed by atoms with Crippen LogP contribution in [0.15, 0.2) is 51.2 Å². The zero-order chi connectivity index (χ0) is 22.5. The van der Waals surface area contributed by atoms with E-state index in [1.54, 1.807) is 19.1 Å². The van der Waals surface area contributed by atoms with E-state index in [1.807, 2.05) is 22.6 Å². The third kappa shape index (κ3) is 5.85. The number of halogens is 1. The average molecular weight is 548 g/mol. The molecule has 30 heavy (non-hydrogen) atoms. The lowest BCUT2D eigenvalue weighted by Crippen LogP contribution is -2.37. The van der Waals surface area contributed by atoms with E-state index in [-0.39, 0.29) is 29.6 Å². The number of hydrogen-bond acceptors (Lipinski definition) is 6. The maximum Gasteiger partial charge on any atom is 0.275 e. The molecule has 1 unspecified atom stereocenters. The Morgan fingerprint density at radius 2 is 1.83 bits per heavy atom. The summed E-state index contributed by atoms with van der Waals surface area (Å²) in [6.45, 7) is 1.49. The number of pyridine rings is 1. The number of nitrogens with zero attached hydrogens (tertiary/aromatic N) is 2. The number of sulfonamides is 1. The fourth-order valence-corrected chi connectivity index (χ4v) is 4.03. The van der Waals surface area contributed by atoms with Gasteiger partial charge in [-0.3, -0.25) is 18.9 Å². The van der Waals surface area contributed by atoms with Gasteiger partial charge in [0.15, 0.2) is 0 Å². The first-order valence-corrected chi connectivity index (χ1v) is 11.1. The van der Waals surface area contributed by atoms with Crippen molar-refractivity contribution in [2.75, 3.05) is 11.3 Å². The Balaban J connectivity index is 2.37. The van der Waals surface area contributed by atoms with Crippen LogP contribution in [0.4, 0.5) is 5.69 Å². The molecule has 1 amide bonds. The fraction of sp³-hybridized carbons (Fsp3) is 0.235. The van der Waals surface area contributed by atoms with Gasteiger partial charge in [-0.1, -0.05) is 0 Å². The van der Waals surface area contributed by atoms with E-state index in [1.165, 1.54) is 24.3 Å². The lowest BCUT2D eigenvalue weighted by Gasteiger charge is -2.20. The van der Waals surface area contributed by atoms with Crippen LogP contribution in [0, 0.1) is 10.5 Å². The average Bonchev–Trinajstić information content (AvgIpc) is 2.65. The van der Waals surface area contributed by atoms with E-state index in [0.29, 0.717) is 5.69 Å². The van der Waals surface area contributed by atoms with Gasteiger partial charge in [-0.2, -0.15) is 0 Å². The monoisotopic (exact) mass is 548 g/mol. The van der Waals surface area contributed by atoms with E-state index >= 15 is 0 Å². The van der Waals surface area contributed by atoms with E-state index in [0.717, 1.165) is 8.14 Å². The molecule has 2 aromatic rings. The minimum absolute atomic E-state index is 0.00785. The van der Waals surface area contributed by atoms with Gasteiger partial charge in [0, 0.05) is 15.7 Å². The minimum Gasteiger partial charge on any atom is -0.393 e. The highest BCUT2D eigenvalue weighted by molar-refractivity contribution is 14.1. The summed E-state index contributed by atoms with van der Waals surface area (Å²) in [6, 6.07) is 7.82. The Kier molecular flexibility index (Phi) is 7.66. The SMILES string of the molecule is Cc1ccc(NS(=O)(=O)c2ccc(I)cc2)c(=O)n1C(CCON=C(N)N)C(N)=O. The van der Waals surface area contributed by atoms with E-state index in [9.17, 15) is 18.0 Å². The van der Waals surface area contributed by atoms with Crippen LogP contribution in [0.25, 0.3) is 0 Å². The van der Waals surface area contributed by atoms with Crippen LogP contribution in [0.1, 0.15) is 18.2 Å². The maximum absolute atomic E-state index is 13.0. The fourth-order valence-electron chi connectivity index (χ4n) is 2.61. The van der Waals surface area contributed by atoms with Crippen molar-refractivity contribution >= 4 is 50.2 Å². The molecule has 11 nitrogen and oxygen atoms in total. The van der Waals surface area contributed by atoms with E-state index < -0.39 is 27.5 Å². The summed E-state index contributed by atoms with van der Waals surface area (Å²) in [5, 5.41) is 3.34. The first-order valence-electron chi connectivity index (χ1n) is 8.53. The summed E-state index contributed by atoms with van der Waals surface area (Å²) >= 11 is 2.05. The summed E-state index contributed by atoms with van der Waals surface area (Å²) < 4.78 is 29.5. The molecule has 1 aromatic heterocycles. The molecule has 0 spiro atoms. The van der Waals surface area contributed by atoms with Crippen molar-refractivity contribution in [3.05, 3.63) is 56.0 Å². The van der Waals surface area contributed by atoms with E-state index in [4.69, 9.17) is 22.0 Å². The summed E-state index contributed by atoms with van der Waals surface area (Å²) in [6.07, 6.45) is -0.0137. The van der Waals surface area contributed by atoms with Gasteiger partial charge in [-0.25, -0.2) is 8.42 Å². The van der Waals surface area contributed by atoms with Gasteiger partial charge in [0.05, 0.1) is 4.90 Å². The predicted octanol–water partition coefficient (Wildman–Crippen LogP) is 0.184. The molecule has 0 bridgehead atoms. The van der Waals surface area contributed by atoms with Crippen molar-refractivity contribution in [1.82, 2.24) is 4.57 Å². The van der Waals surface area contributed by atoms with E-state index in [2.05, 4.69) is 9.88 Å². The molecule has 2 rings (SSSR count). The molecule has 13 heteroatoms. The molecule has 0 fully saturated rings. The molecule has 1 aromatic carbocycles. The van der Waals surface area contributed by atoms with Crippen LogP contribution in [-0.4, -0.2) is 31.5 Å². The molecule has 1 atom stereocenters. The van der Waals surface area contributed by atoms with Crippen molar-refractivity contribution in [3.63, 3.8) is 0 Å². The van der Waals surface area contributed by atoms with Crippen LogP contribution < -0.4 is 27.5 Å².